The molecule has 0 spiro atoms. The number of hydrazine groups is 1. The lowest BCUT2D eigenvalue weighted by Crippen LogP contribution is -2.52. The molecular formula is C30H34FN5O2. The molecule has 38 heavy (non-hydrogen) atoms. The Morgan fingerprint density at radius 1 is 0.921 bits per heavy atom. The molecule has 0 aliphatic carbocycles. The lowest BCUT2D eigenvalue weighted by Gasteiger charge is -2.28. The number of carbonyl (C=O) groups is 2. The van der Waals surface area contributed by atoms with Gasteiger partial charge in [0.15, 0.2) is 0 Å². The fourth-order valence-electron chi connectivity index (χ4n) is 5.33. The molecule has 2 aliphatic heterocycles. The minimum absolute atomic E-state index is 0.0146. The van der Waals surface area contributed by atoms with Gasteiger partial charge in [-0.15, -0.1) is 0 Å². The summed E-state index contributed by atoms with van der Waals surface area (Å²) in [5.41, 5.74) is 10.3. The lowest BCUT2D eigenvalue weighted by atomic mass is 9.95. The molecule has 7 nitrogen and oxygen atoms in total. The van der Waals surface area contributed by atoms with Crippen molar-refractivity contribution in [2.75, 3.05) is 6.54 Å². The zero-order valence-corrected chi connectivity index (χ0v) is 21.7. The van der Waals surface area contributed by atoms with Crippen molar-refractivity contribution in [2.45, 2.75) is 62.9 Å². The maximum absolute atomic E-state index is 14.7. The smallest absolute Gasteiger partial charge is 0.243 e. The van der Waals surface area contributed by atoms with Gasteiger partial charge in [0.05, 0.1) is 12.6 Å². The van der Waals surface area contributed by atoms with E-state index in [-0.39, 0.29) is 30.8 Å². The number of nitrogens with zero attached hydrogens (tertiary/aromatic N) is 2. The maximum atomic E-state index is 14.7. The highest BCUT2D eigenvalue weighted by atomic mass is 19.1. The highest BCUT2D eigenvalue weighted by molar-refractivity contribution is 5.91. The summed E-state index contributed by atoms with van der Waals surface area (Å²) >= 11 is 0. The van der Waals surface area contributed by atoms with Gasteiger partial charge in [0.1, 0.15) is 18.3 Å². The average Bonchev–Trinajstić information content (AvgIpc) is 3.60. The van der Waals surface area contributed by atoms with Crippen molar-refractivity contribution >= 4 is 11.8 Å². The van der Waals surface area contributed by atoms with Crippen LogP contribution in [0.15, 0.2) is 79.1 Å². The van der Waals surface area contributed by atoms with Gasteiger partial charge in [0.25, 0.3) is 0 Å². The van der Waals surface area contributed by atoms with E-state index in [1.807, 2.05) is 54.6 Å². The van der Waals surface area contributed by atoms with E-state index in [9.17, 15) is 14.0 Å². The van der Waals surface area contributed by atoms with E-state index in [0.717, 1.165) is 16.7 Å². The summed E-state index contributed by atoms with van der Waals surface area (Å²) < 4.78 is 14.7. The van der Waals surface area contributed by atoms with Crippen molar-refractivity contribution in [1.29, 1.82) is 0 Å². The van der Waals surface area contributed by atoms with Crippen LogP contribution in [-0.2, 0) is 9.59 Å². The third-order valence-electron chi connectivity index (χ3n) is 7.50. The van der Waals surface area contributed by atoms with E-state index in [4.69, 9.17) is 0 Å². The van der Waals surface area contributed by atoms with Crippen molar-refractivity contribution < 1.29 is 14.0 Å². The van der Waals surface area contributed by atoms with Crippen molar-refractivity contribution in [3.63, 3.8) is 0 Å². The molecule has 8 heteroatoms. The number of hydrogen-bond donors (Lipinski definition) is 3. The molecule has 5 rings (SSSR count). The fraction of sp³-hybridized carbons (Fsp3) is 0.367. The van der Waals surface area contributed by atoms with Crippen LogP contribution < -0.4 is 16.2 Å². The van der Waals surface area contributed by atoms with E-state index in [1.54, 1.807) is 12.4 Å². The maximum Gasteiger partial charge on any atom is 0.243 e. The van der Waals surface area contributed by atoms with Gasteiger partial charge < -0.3 is 10.2 Å². The molecule has 3 aromatic rings. The second-order valence-electron chi connectivity index (χ2n) is 10.4. The van der Waals surface area contributed by atoms with Crippen molar-refractivity contribution in [2.24, 2.45) is 0 Å². The molecule has 2 saturated heterocycles. The summed E-state index contributed by atoms with van der Waals surface area (Å²) in [6, 6.07) is 19.8. The number of pyridine rings is 1. The van der Waals surface area contributed by atoms with Gasteiger partial charge in [-0.3, -0.25) is 14.6 Å². The number of aromatic nitrogens is 1. The molecule has 2 aromatic carbocycles. The summed E-state index contributed by atoms with van der Waals surface area (Å²) in [7, 11) is 0. The molecule has 2 unspecified atom stereocenters. The van der Waals surface area contributed by atoms with Crippen LogP contribution in [0.25, 0.3) is 0 Å². The SMILES string of the molecule is CC(C)c1ccc([C@@H](NC(=O)[C@@H]2C[C@@H](F)CN2C(=O)C2CC(c3ccncc3)NN2)c2ccccc2)cc1. The molecule has 2 aliphatic rings. The van der Waals surface area contributed by atoms with Gasteiger partial charge in [-0.25, -0.2) is 15.2 Å². The highest BCUT2D eigenvalue weighted by Gasteiger charge is 2.44. The Kier molecular flexibility index (Phi) is 7.81. The first-order chi connectivity index (χ1) is 18.4. The number of amides is 2. The molecule has 5 atom stereocenters. The fourth-order valence-corrected chi connectivity index (χ4v) is 5.33. The molecule has 0 radical (unpaired) electrons. The number of carbonyl (C=O) groups excluding carboxylic acids is 2. The summed E-state index contributed by atoms with van der Waals surface area (Å²) in [6.45, 7) is 4.19. The largest absolute Gasteiger partial charge is 0.343 e. The summed E-state index contributed by atoms with van der Waals surface area (Å²) in [5, 5.41) is 3.13. The predicted molar refractivity (Wildman–Crippen MR) is 144 cm³/mol. The summed E-state index contributed by atoms with van der Waals surface area (Å²) in [4.78, 5) is 32.5. The minimum Gasteiger partial charge on any atom is -0.343 e. The molecule has 198 valence electrons. The van der Waals surface area contributed by atoms with E-state index in [2.05, 4.69) is 47.1 Å². The highest BCUT2D eigenvalue weighted by Crippen LogP contribution is 2.29. The molecule has 0 bridgehead atoms. The van der Waals surface area contributed by atoms with Crippen LogP contribution in [0, 0.1) is 0 Å². The number of nitrogens with one attached hydrogen (secondary N) is 3. The second-order valence-corrected chi connectivity index (χ2v) is 10.4. The number of likely N-dealkylation sites (tertiary alicyclic amines) is 1. The van der Waals surface area contributed by atoms with E-state index >= 15 is 0 Å². The normalized spacial score (nSPS) is 23.9. The number of benzene rings is 2. The Morgan fingerprint density at radius 2 is 1.58 bits per heavy atom. The van der Waals surface area contributed by atoms with Crippen LogP contribution in [0.4, 0.5) is 4.39 Å². The molecule has 3 N–H and O–H groups in total. The lowest BCUT2D eigenvalue weighted by molar-refractivity contribution is -0.140. The van der Waals surface area contributed by atoms with Crippen LogP contribution in [0.5, 0.6) is 0 Å². The van der Waals surface area contributed by atoms with Gasteiger partial charge in [0.2, 0.25) is 11.8 Å². The zero-order valence-electron chi connectivity index (χ0n) is 21.7. The number of alkyl halides is 1. The number of rotatable bonds is 7. The van der Waals surface area contributed by atoms with Crippen molar-refractivity contribution in [3.8, 4) is 0 Å². The quantitative estimate of drug-likeness (QED) is 0.444. The van der Waals surface area contributed by atoms with Crippen LogP contribution in [0.3, 0.4) is 0 Å². The molecular weight excluding hydrogens is 481 g/mol. The molecule has 2 fully saturated rings. The average molecular weight is 516 g/mol. The Labute approximate surface area is 222 Å². The first-order valence-corrected chi connectivity index (χ1v) is 13.2. The molecule has 2 amide bonds. The summed E-state index contributed by atoms with van der Waals surface area (Å²) in [5.74, 6) is -0.228. The van der Waals surface area contributed by atoms with Crippen molar-refractivity contribution in [3.05, 3.63) is 101 Å². The van der Waals surface area contributed by atoms with Gasteiger partial charge in [0, 0.05) is 24.9 Å². The first kappa shape index (κ1) is 26.0. The van der Waals surface area contributed by atoms with Gasteiger partial charge >= 0.3 is 0 Å². The number of hydrogen-bond acceptors (Lipinski definition) is 5. The third-order valence-corrected chi connectivity index (χ3v) is 7.50. The Bertz CT molecular complexity index is 1240. The van der Waals surface area contributed by atoms with Gasteiger partial charge in [-0.05, 0) is 46.7 Å². The Hall–Kier alpha value is -3.62. The van der Waals surface area contributed by atoms with Crippen molar-refractivity contribution in [1.82, 2.24) is 26.1 Å². The van der Waals surface area contributed by atoms with Crippen LogP contribution >= 0.6 is 0 Å². The van der Waals surface area contributed by atoms with Crippen LogP contribution in [0.1, 0.15) is 66.9 Å². The molecule has 1 aromatic heterocycles. The number of halogens is 1. The summed E-state index contributed by atoms with van der Waals surface area (Å²) in [6.07, 6.45) is 2.65. The van der Waals surface area contributed by atoms with E-state index in [1.165, 1.54) is 10.5 Å². The van der Waals surface area contributed by atoms with E-state index < -0.39 is 24.3 Å². The molecule has 0 saturated carbocycles. The predicted octanol–water partition coefficient (Wildman–Crippen LogP) is 3.96. The second kappa shape index (κ2) is 11.4. The first-order valence-electron chi connectivity index (χ1n) is 13.2. The standard InChI is InChI=1S/C30H34FN5O2/c1-19(2)20-8-10-23(11-9-20)28(22-6-4-3-5-7-22)33-29(37)27-16-24(31)18-36(27)30(38)26-17-25(34-35-26)21-12-14-32-15-13-21/h3-15,19,24-28,34-35H,16-18H2,1-2H3,(H,33,37)/t24-,25?,26?,27+,28+/m1/s1. The van der Waals surface area contributed by atoms with Crippen LogP contribution in [-0.4, -0.2) is 46.5 Å². The minimum atomic E-state index is -1.25. The van der Waals surface area contributed by atoms with Gasteiger partial charge in [-0.2, -0.15) is 0 Å². The third kappa shape index (κ3) is 5.61. The van der Waals surface area contributed by atoms with Gasteiger partial charge in [-0.1, -0.05) is 68.4 Å². The molecule has 3 heterocycles. The topological polar surface area (TPSA) is 86.4 Å². The Balaban J connectivity index is 1.33. The van der Waals surface area contributed by atoms with E-state index in [0.29, 0.717) is 12.3 Å². The Morgan fingerprint density at radius 3 is 2.26 bits per heavy atom. The monoisotopic (exact) mass is 515 g/mol. The zero-order chi connectivity index (χ0) is 26.6. The van der Waals surface area contributed by atoms with Crippen LogP contribution in [0.2, 0.25) is 0 Å².